The second-order valence-corrected chi connectivity index (χ2v) is 19.4. The first-order valence-electron chi connectivity index (χ1n) is 25.5. The molecule has 2 aliphatic carbocycles. The van der Waals surface area contributed by atoms with Crippen molar-refractivity contribution in [2.75, 3.05) is 0 Å². The molecule has 2 fully saturated rings. The molecule has 2 aliphatic rings. The van der Waals surface area contributed by atoms with Gasteiger partial charge in [-0.15, -0.1) is 0 Å². The predicted octanol–water partition coefficient (Wildman–Crippen LogP) is 17.2. The minimum absolute atomic E-state index is 0.475. The molecule has 0 bridgehead atoms. The Morgan fingerprint density at radius 2 is 0.681 bits per heavy atom. The molecule has 350 valence electrons. The second kappa shape index (κ2) is 19.8. The monoisotopic (exact) mass is 933 g/mol. The molecule has 5 heteroatoms. The van der Waals surface area contributed by atoms with Crippen LogP contribution in [0, 0.1) is 0 Å². The maximum atomic E-state index is 7.43. The van der Waals surface area contributed by atoms with Crippen LogP contribution in [0.4, 0.5) is 0 Å². The summed E-state index contributed by atoms with van der Waals surface area (Å²) in [5.74, 6) is 1.62. The first-order chi connectivity index (χ1) is 35.6. The quantitative estimate of drug-likeness (QED) is 0.115. The maximum absolute atomic E-state index is 7.43. The van der Waals surface area contributed by atoms with E-state index in [1.165, 1.54) is 22.3 Å². The molecule has 0 N–H and O–H groups in total. The molecule has 3 aromatic heterocycles. The van der Waals surface area contributed by atoms with Crippen LogP contribution in [0.1, 0.15) is 62.5 Å². The molecule has 0 amide bonds. The zero-order valence-corrected chi connectivity index (χ0v) is 40.3. The molecule has 0 saturated heterocycles. The van der Waals surface area contributed by atoms with Gasteiger partial charge in [-0.2, -0.15) is 0 Å². The SMILES string of the molecule is c1ccc(-c2ccc(-c3ccnc(-c4ccc(-c5ccccc5-c5cc(OC6(c7ccc(-c8ccccn8)cc7)CCCC6)cc(OC6(c7ccc(-c8ccccn8)cc7)CCCC6)c5)cc4)c3)cc2)cc1. The average molecular weight is 934 g/mol. The number of ether oxygens (including phenoxy) is 2. The van der Waals surface area contributed by atoms with Crippen molar-refractivity contribution in [2.45, 2.75) is 62.6 Å². The van der Waals surface area contributed by atoms with Crippen molar-refractivity contribution in [2.24, 2.45) is 0 Å². The van der Waals surface area contributed by atoms with E-state index in [9.17, 15) is 0 Å². The maximum Gasteiger partial charge on any atom is 0.134 e. The summed E-state index contributed by atoms with van der Waals surface area (Å²) in [6.45, 7) is 0. The number of nitrogens with zero attached hydrogens (tertiary/aromatic N) is 3. The van der Waals surface area contributed by atoms with E-state index in [2.05, 4.69) is 204 Å². The Morgan fingerprint density at radius 3 is 1.19 bits per heavy atom. The predicted molar refractivity (Wildman–Crippen MR) is 292 cm³/mol. The fourth-order valence-electron chi connectivity index (χ4n) is 11.1. The molecule has 3 heterocycles. The van der Waals surface area contributed by atoms with Crippen LogP contribution >= 0.6 is 0 Å². The van der Waals surface area contributed by atoms with E-state index in [4.69, 9.17) is 14.5 Å². The van der Waals surface area contributed by atoms with E-state index >= 15 is 0 Å². The van der Waals surface area contributed by atoms with Crippen LogP contribution in [-0.4, -0.2) is 15.0 Å². The molecule has 5 nitrogen and oxygen atoms in total. The average Bonchev–Trinajstić information content (AvgIpc) is 4.15. The van der Waals surface area contributed by atoms with Gasteiger partial charge in [-0.05, 0) is 156 Å². The van der Waals surface area contributed by atoms with E-state index in [1.54, 1.807) is 0 Å². The largest absolute Gasteiger partial charge is 0.482 e. The van der Waals surface area contributed by atoms with E-state index in [1.807, 2.05) is 42.9 Å². The standard InChI is InChI=1S/C67H55N3O2/c1-2-14-48(15-3-1)49-20-22-50(23-21-49)55-36-43-70-65(46-55)54-26-24-51(25-27-54)61-16-4-5-17-62(61)56-44-59(71-66(37-8-9-38-66)57-32-28-52(29-33-57)63-18-6-12-41-68-63)47-60(45-56)72-67(39-10-11-40-67)58-34-30-53(31-35-58)64-19-7-13-42-69-64/h1-7,12-36,41-47H,8-11,37-40H2. The third-order valence-corrected chi connectivity index (χ3v) is 14.9. The molecule has 7 aromatic carbocycles. The number of hydrogen-bond acceptors (Lipinski definition) is 5. The first kappa shape index (κ1) is 44.8. The summed E-state index contributed by atoms with van der Waals surface area (Å²) in [7, 11) is 0. The van der Waals surface area contributed by atoms with Gasteiger partial charge < -0.3 is 9.47 Å². The van der Waals surface area contributed by atoms with Gasteiger partial charge in [-0.1, -0.05) is 164 Å². The lowest BCUT2D eigenvalue weighted by molar-refractivity contribution is 0.0655. The summed E-state index contributed by atoms with van der Waals surface area (Å²) in [5, 5.41) is 0. The van der Waals surface area contributed by atoms with Crippen LogP contribution in [0.15, 0.2) is 237 Å². The molecular formula is C67H55N3O2. The number of pyridine rings is 3. The van der Waals surface area contributed by atoms with Crippen LogP contribution in [0.25, 0.3) is 78.3 Å². The Kier molecular flexibility index (Phi) is 12.3. The highest BCUT2D eigenvalue weighted by Crippen LogP contribution is 2.48. The molecule has 12 rings (SSSR count). The summed E-state index contributed by atoms with van der Waals surface area (Å²) in [4.78, 5) is 14.1. The summed E-state index contributed by atoms with van der Waals surface area (Å²) in [6.07, 6.45) is 13.7. The first-order valence-corrected chi connectivity index (χ1v) is 25.5. The summed E-state index contributed by atoms with van der Waals surface area (Å²) < 4.78 is 14.9. The zero-order valence-electron chi connectivity index (χ0n) is 40.3. The van der Waals surface area contributed by atoms with Gasteiger partial charge in [0.1, 0.15) is 22.7 Å². The molecule has 10 aromatic rings. The van der Waals surface area contributed by atoms with Gasteiger partial charge in [0.25, 0.3) is 0 Å². The molecule has 0 atom stereocenters. The molecule has 0 spiro atoms. The fraction of sp³-hybridized carbons (Fsp3) is 0.149. The topological polar surface area (TPSA) is 57.1 Å². The number of hydrogen-bond donors (Lipinski definition) is 0. The highest BCUT2D eigenvalue weighted by atomic mass is 16.5. The van der Waals surface area contributed by atoms with Gasteiger partial charge in [0, 0.05) is 41.3 Å². The van der Waals surface area contributed by atoms with Crippen LogP contribution in [0.2, 0.25) is 0 Å². The van der Waals surface area contributed by atoms with Crippen molar-refractivity contribution in [3.63, 3.8) is 0 Å². The lowest BCUT2D eigenvalue weighted by atomic mass is 9.90. The second-order valence-electron chi connectivity index (χ2n) is 19.4. The Balaban J connectivity index is 0.889. The third kappa shape index (κ3) is 9.22. The van der Waals surface area contributed by atoms with Gasteiger partial charge >= 0.3 is 0 Å². The van der Waals surface area contributed by atoms with Crippen molar-refractivity contribution >= 4 is 0 Å². The van der Waals surface area contributed by atoms with Crippen LogP contribution in [0.5, 0.6) is 11.5 Å². The minimum atomic E-state index is -0.475. The number of benzene rings is 7. The minimum Gasteiger partial charge on any atom is -0.482 e. The smallest absolute Gasteiger partial charge is 0.134 e. The van der Waals surface area contributed by atoms with Crippen molar-refractivity contribution in [3.8, 4) is 89.8 Å². The lowest BCUT2D eigenvalue weighted by Gasteiger charge is -2.33. The van der Waals surface area contributed by atoms with Crippen LogP contribution in [-0.2, 0) is 11.2 Å². The molecule has 0 radical (unpaired) electrons. The summed E-state index contributed by atoms with van der Waals surface area (Å²) >= 11 is 0. The molecular weight excluding hydrogens is 879 g/mol. The summed E-state index contributed by atoms with van der Waals surface area (Å²) in [6, 6.07) is 77.5. The lowest BCUT2D eigenvalue weighted by Crippen LogP contribution is -2.30. The van der Waals surface area contributed by atoms with Crippen LogP contribution < -0.4 is 9.47 Å². The summed E-state index contributed by atoms with van der Waals surface area (Å²) in [5.41, 5.74) is 16.7. The number of rotatable bonds is 13. The van der Waals surface area contributed by atoms with Gasteiger partial charge in [0.05, 0.1) is 17.1 Å². The van der Waals surface area contributed by atoms with E-state index in [0.717, 1.165) is 130 Å². The Bertz CT molecular complexity index is 3300. The van der Waals surface area contributed by atoms with E-state index in [-0.39, 0.29) is 0 Å². The third-order valence-electron chi connectivity index (χ3n) is 14.9. The Morgan fingerprint density at radius 1 is 0.278 bits per heavy atom. The highest BCUT2D eigenvalue weighted by molar-refractivity contribution is 5.85. The molecule has 2 saturated carbocycles. The van der Waals surface area contributed by atoms with Gasteiger partial charge in [-0.3, -0.25) is 15.0 Å². The van der Waals surface area contributed by atoms with Gasteiger partial charge in [0.2, 0.25) is 0 Å². The highest BCUT2D eigenvalue weighted by Gasteiger charge is 2.40. The number of aromatic nitrogens is 3. The Hall–Kier alpha value is -8.41. The fourth-order valence-corrected chi connectivity index (χ4v) is 11.1. The zero-order chi connectivity index (χ0) is 48.2. The molecule has 0 unspecified atom stereocenters. The van der Waals surface area contributed by atoms with E-state index in [0.29, 0.717) is 0 Å². The van der Waals surface area contributed by atoms with Crippen molar-refractivity contribution in [3.05, 3.63) is 248 Å². The normalized spacial score (nSPS) is 14.7. The van der Waals surface area contributed by atoms with Crippen molar-refractivity contribution < 1.29 is 9.47 Å². The van der Waals surface area contributed by atoms with E-state index < -0.39 is 11.2 Å². The molecule has 0 aliphatic heterocycles. The van der Waals surface area contributed by atoms with Crippen molar-refractivity contribution in [1.82, 2.24) is 15.0 Å². The van der Waals surface area contributed by atoms with Gasteiger partial charge in [0.15, 0.2) is 0 Å². The molecule has 72 heavy (non-hydrogen) atoms. The Labute approximate surface area is 422 Å². The van der Waals surface area contributed by atoms with Crippen molar-refractivity contribution in [1.29, 1.82) is 0 Å². The van der Waals surface area contributed by atoms with Gasteiger partial charge in [-0.25, -0.2) is 0 Å². The van der Waals surface area contributed by atoms with Crippen LogP contribution in [0.3, 0.4) is 0 Å².